The molecule has 6 rings (SSSR count). The molecular formula is C27H28N6O3. The molecule has 1 aromatic heterocycles. The summed E-state index contributed by atoms with van der Waals surface area (Å²) < 4.78 is 18.2. The highest BCUT2D eigenvalue weighted by molar-refractivity contribution is 5.49. The fourth-order valence-corrected chi connectivity index (χ4v) is 4.92. The van der Waals surface area contributed by atoms with Crippen LogP contribution >= 0.6 is 0 Å². The van der Waals surface area contributed by atoms with E-state index < -0.39 is 0 Å². The molecule has 36 heavy (non-hydrogen) atoms. The summed E-state index contributed by atoms with van der Waals surface area (Å²) in [5.41, 5.74) is 3.44. The van der Waals surface area contributed by atoms with Gasteiger partial charge in [-0.15, -0.1) is 5.10 Å². The molecule has 1 atom stereocenters. The molecule has 3 aromatic carbocycles. The van der Waals surface area contributed by atoms with Gasteiger partial charge in [-0.25, -0.2) is 4.68 Å². The van der Waals surface area contributed by atoms with E-state index in [0.717, 1.165) is 54.8 Å². The van der Waals surface area contributed by atoms with Gasteiger partial charge in [0, 0.05) is 31.9 Å². The second kappa shape index (κ2) is 9.87. The number of fused-ring (bicyclic) bond motifs is 1. The van der Waals surface area contributed by atoms with Gasteiger partial charge >= 0.3 is 0 Å². The Bertz CT molecular complexity index is 1300. The second-order valence-electron chi connectivity index (χ2n) is 8.92. The molecule has 0 bridgehead atoms. The van der Waals surface area contributed by atoms with E-state index in [1.165, 1.54) is 11.3 Å². The second-order valence-corrected chi connectivity index (χ2v) is 8.92. The highest BCUT2D eigenvalue weighted by Gasteiger charge is 2.31. The molecule has 2 aliphatic heterocycles. The molecule has 3 heterocycles. The van der Waals surface area contributed by atoms with E-state index in [0.29, 0.717) is 6.54 Å². The number of nitrogens with zero attached hydrogens (tertiary/aromatic N) is 6. The number of rotatable bonds is 7. The maximum atomic E-state index is 5.56. The van der Waals surface area contributed by atoms with Gasteiger partial charge in [0.1, 0.15) is 5.75 Å². The maximum absolute atomic E-state index is 5.56. The maximum Gasteiger partial charge on any atom is 0.231 e. The highest BCUT2D eigenvalue weighted by atomic mass is 16.7. The van der Waals surface area contributed by atoms with E-state index in [1.54, 1.807) is 7.11 Å². The number of ether oxygens (including phenoxy) is 3. The minimum absolute atomic E-state index is 0.0479. The lowest BCUT2D eigenvalue weighted by Crippen LogP contribution is -2.48. The Labute approximate surface area is 209 Å². The molecule has 0 spiro atoms. The van der Waals surface area contributed by atoms with Crippen LogP contribution in [0.5, 0.6) is 17.2 Å². The van der Waals surface area contributed by atoms with Gasteiger partial charge in [0.25, 0.3) is 0 Å². The van der Waals surface area contributed by atoms with Crippen molar-refractivity contribution >= 4 is 5.69 Å². The predicted molar refractivity (Wildman–Crippen MR) is 135 cm³/mol. The molecule has 1 fully saturated rings. The molecular weight excluding hydrogens is 456 g/mol. The van der Waals surface area contributed by atoms with Gasteiger partial charge in [-0.05, 0) is 58.0 Å². The van der Waals surface area contributed by atoms with Crippen LogP contribution in [0.3, 0.4) is 0 Å². The minimum Gasteiger partial charge on any atom is -0.497 e. The number of aromatic nitrogens is 4. The molecule has 2 aliphatic rings. The van der Waals surface area contributed by atoms with Crippen LogP contribution in [-0.4, -0.2) is 65.2 Å². The number of methoxy groups -OCH3 is 1. The standard InChI is InChI=1S/C27H28N6O3/c1-34-23-10-8-22(9-11-23)31-13-15-32(16-14-31)26(21-5-3-2-4-6-21)27-28-29-30-33(27)18-20-7-12-24-25(17-20)36-19-35-24/h2-12,17,26H,13-16,18-19H2,1H3/t26-/m0/s1. The Morgan fingerprint density at radius 2 is 1.67 bits per heavy atom. The fourth-order valence-electron chi connectivity index (χ4n) is 4.92. The van der Waals surface area contributed by atoms with Crippen LogP contribution < -0.4 is 19.1 Å². The van der Waals surface area contributed by atoms with E-state index in [2.05, 4.69) is 61.7 Å². The third kappa shape index (κ3) is 4.45. The van der Waals surface area contributed by atoms with Crippen molar-refractivity contribution in [2.45, 2.75) is 12.6 Å². The Hall–Kier alpha value is -4.11. The number of anilines is 1. The lowest BCUT2D eigenvalue weighted by Gasteiger charge is -2.40. The van der Waals surface area contributed by atoms with Gasteiger partial charge in [0.2, 0.25) is 6.79 Å². The first-order valence-corrected chi connectivity index (χ1v) is 12.1. The molecule has 4 aromatic rings. The zero-order valence-electron chi connectivity index (χ0n) is 20.2. The largest absolute Gasteiger partial charge is 0.497 e. The summed E-state index contributed by atoms with van der Waals surface area (Å²) in [6.45, 7) is 4.42. The van der Waals surface area contributed by atoms with Crippen LogP contribution in [-0.2, 0) is 6.54 Å². The first-order chi connectivity index (χ1) is 17.8. The van der Waals surface area contributed by atoms with E-state index in [-0.39, 0.29) is 12.8 Å². The monoisotopic (exact) mass is 484 g/mol. The Kier molecular flexibility index (Phi) is 6.13. The number of benzene rings is 3. The first kappa shape index (κ1) is 22.4. The fraction of sp³-hybridized carbons (Fsp3) is 0.296. The summed E-state index contributed by atoms with van der Waals surface area (Å²) >= 11 is 0. The van der Waals surface area contributed by atoms with Gasteiger partial charge < -0.3 is 19.1 Å². The van der Waals surface area contributed by atoms with Crippen molar-refractivity contribution in [3.63, 3.8) is 0 Å². The minimum atomic E-state index is -0.0479. The lowest BCUT2D eigenvalue weighted by molar-refractivity contribution is 0.174. The Morgan fingerprint density at radius 1 is 0.889 bits per heavy atom. The molecule has 1 saturated heterocycles. The van der Waals surface area contributed by atoms with Crippen molar-refractivity contribution in [2.24, 2.45) is 0 Å². The topological polar surface area (TPSA) is 77.8 Å². The molecule has 184 valence electrons. The summed E-state index contributed by atoms with van der Waals surface area (Å²) in [7, 11) is 1.69. The summed E-state index contributed by atoms with van der Waals surface area (Å²) in [6, 6.07) is 24.7. The number of tetrazole rings is 1. The molecule has 9 heteroatoms. The Balaban J connectivity index is 1.24. The van der Waals surface area contributed by atoms with Crippen molar-refractivity contribution in [1.82, 2.24) is 25.1 Å². The van der Waals surface area contributed by atoms with Gasteiger partial charge in [-0.3, -0.25) is 4.90 Å². The van der Waals surface area contributed by atoms with Gasteiger partial charge in [0.05, 0.1) is 19.7 Å². The summed E-state index contributed by atoms with van der Waals surface area (Å²) in [5.74, 6) is 3.23. The lowest BCUT2D eigenvalue weighted by atomic mass is 10.0. The number of piperazine rings is 1. The average Bonchev–Trinajstić information content (AvgIpc) is 3.59. The van der Waals surface area contributed by atoms with E-state index in [4.69, 9.17) is 14.2 Å². The quantitative estimate of drug-likeness (QED) is 0.395. The first-order valence-electron chi connectivity index (χ1n) is 12.1. The average molecular weight is 485 g/mol. The van der Waals surface area contributed by atoms with E-state index in [9.17, 15) is 0 Å². The van der Waals surface area contributed by atoms with Crippen molar-refractivity contribution in [2.75, 3.05) is 45.0 Å². The van der Waals surface area contributed by atoms with E-state index in [1.807, 2.05) is 41.1 Å². The zero-order chi connectivity index (χ0) is 24.3. The summed E-state index contributed by atoms with van der Waals surface area (Å²) in [5, 5.41) is 12.9. The van der Waals surface area contributed by atoms with Crippen molar-refractivity contribution in [3.8, 4) is 17.2 Å². The Morgan fingerprint density at radius 3 is 2.44 bits per heavy atom. The van der Waals surface area contributed by atoms with Crippen molar-refractivity contribution in [3.05, 3.63) is 89.7 Å². The van der Waals surface area contributed by atoms with Crippen molar-refractivity contribution < 1.29 is 14.2 Å². The zero-order valence-corrected chi connectivity index (χ0v) is 20.2. The molecule has 0 N–H and O–H groups in total. The van der Waals surface area contributed by atoms with Gasteiger partial charge in [0.15, 0.2) is 17.3 Å². The van der Waals surface area contributed by atoms with E-state index >= 15 is 0 Å². The molecule has 0 unspecified atom stereocenters. The summed E-state index contributed by atoms with van der Waals surface area (Å²) in [4.78, 5) is 4.88. The smallest absolute Gasteiger partial charge is 0.231 e. The van der Waals surface area contributed by atoms with Gasteiger partial charge in [-0.2, -0.15) is 0 Å². The molecule has 0 radical (unpaired) electrons. The van der Waals surface area contributed by atoms with Gasteiger partial charge in [-0.1, -0.05) is 36.4 Å². The molecule has 9 nitrogen and oxygen atoms in total. The van der Waals surface area contributed by atoms with Crippen LogP contribution in [0, 0.1) is 0 Å². The van der Waals surface area contributed by atoms with Crippen molar-refractivity contribution in [1.29, 1.82) is 0 Å². The molecule has 0 saturated carbocycles. The summed E-state index contributed by atoms with van der Waals surface area (Å²) in [6.07, 6.45) is 0. The predicted octanol–water partition coefficient (Wildman–Crippen LogP) is 3.37. The highest BCUT2D eigenvalue weighted by Crippen LogP contribution is 2.34. The van der Waals surface area contributed by atoms with Crippen LogP contribution in [0.1, 0.15) is 23.0 Å². The van der Waals surface area contributed by atoms with Crippen LogP contribution in [0.25, 0.3) is 0 Å². The molecule has 0 amide bonds. The normalized spacial score (nSPS) is 16.2. The van der Waals surface area contributed by atoms with Crippen LogP contribution in [0.15, 0.2) is 72.8 Å². The molecule has 0 aliphatic carbocycles. The third-order valence-electron chi connectivity index (χ3n) is 6.81. The SMILES string of the molecule is COc1ccc(N2CCN([C@@H](c3ccccc3)c3nnnn3Cc3ccc4c(c3)OCO4)CC2)cc1. The van der Waals surface area contributed by atoms with Crippen LogP contribution in [0.2, 0.25) is 0 Å². The third-order valence-corrected chi connectivity index (χ3v) is 6.81. The number of hydrogen-bond acceptors (Lipinski definition) is 8. The van der Waals surface area contributed by atoms with Crippen LogP contribution in [0.4, 0.5) is 5.69 Å². The number of hydrogen-bond donors (Lipinski definition) is 0.